The molecule has 0 rings (SSSR count). The second-order valence-electron chi connectivity index (χ2n) is 12.3. The molecule has 0 aromatic carbocycles. The second-order valence-corrected chi connectivity index (χ2v) is 12.3. The first-order valence-electron chi connectivity index (χ1n) is 19.4. The Morgan fingerprint density at radius 2 is 0.820 bits per heavy atom. The SMILES string of the molecule is CCCCCC=CCC=CCC=CCC=CCC=CCCC(=O)O[C@@H](CO)COC(=O)CCCC=CCC=CCC=CCC=CCCCCC. The molecule has 5 heteroatoms. The fourth-order valence-corrected chi connectivity index (χ4v) is 4.59. The van der Waals surface area contributed by atoms with Gasteiger partial charge in [-0.05, 0) is 89.9 Å². The molecule has 0 saturated carbocycles. The number of ether oxygens (including phenoxy) is 2. The number of aliphatic hydroxyl groups is 1. The average molecular weight is 691 g/mol. The van der Waals surface area contributed by atoms with Gasteiger partial charge in [0.15, 0.2) is 6.10 Å². The second kappa shape index (κ2) is 40.0. The zero-order chi connectivity index (χ0) is 36.4. The lowest BCUT2D eigenvalue weighted by molar-refractivity contribution is -0.161. The highest BCUT2D eigenvalue weighted by Crippen LogP contribution is 2.06. The maximum atomic E-state index is 12.1. The van der Waals surface area contributed by atoms with Crippen LogP contribution in [0.3, 0.4) is 0 Å². The van der Waals surface area contributed by atoms with Gasteiger partial charge in [0.25, 0.3) is 0 Å². The molecule has 0 unspecified atom stereocenters. The van der Waals surface area contributed by atoms with Gasteiger partial charge in [-0.25, -0.2) is 0 Å². The zero-order valence-electron chi connectivity index (χ0n) is 31.6. The lowest BCUT2D eigenvalue weighted by atomic mass is 10.2. The van der Waals surface area contributed by atoms with Crippen LogP contribution in [0.25, 0.3) is 0 Å². The number of hydrogen-bond acceptors (Lipinski definition) is 5. The number of allylic oxidation sites excluding steroid dienone is 18. The number of unbranched alkanes of at least 4 members (excludes halogenated alkanes) is 7. The van der Waals surface area contributed by atoms with Gasteiger partial charge in [-0.2, -0.15) is 0 Å². The highest BCUT2D eigenvalue weighted by atomic mass is 16.6. The van der Waals surface area contributed by atoms with Crippen molar-refractivity contribution in [2.45, 2.75) is 148 Å². The summed E-state index contributed by atoms with van der Waals surface area (Å²) in [4.78, 5) is 24.2. The maximum Gasteiger partial charge on any atom is 0.306 e. The first-order chi connectivity index (χ1) is 24.6. The smallest absolute Gasteiger partial charge is 0.306 e. The van der Waals surface area contributed by atoms with Crippen LogP contribution in [0.4, 0.5) is 0 Å². The Balaban J connectivity index is 3.83. The Morgan fingerprint density at radius 1 is 0.460 bits per heavy atom. The van der Waals surface area contributed by atoms with E-state index in [0.717, 1.165) is 51.4 Å². The van der Waals surface area contributed by atoms with Crippen molar-refractivity contribution in [1.29, 1.82) is 0 Å². The fraction of sp³-hybridized carbons (Fsp3) is 0.556. The van der Waals surface area contributed by atoms with Crippen molar-refractivity contribution in [2.75, 3.05) is 13.2 Å². The van der Waals surface area contributed by atoms with E-state index in [-0.39, 0.29) is 32.0 Å². The van der Waals surface area contributed by atoms with Crippen molar-refractivity contribution < 1.29 is 24.2 Å². The summed E-state index contributed by atoms with van der Waals surface area (Å²) in [5, 5.41) is 9.53. The average Bonchev–Trinajstić information content (AvgIpc) is 3.12. The molecule has 0 amide bonds. The molecule has 0 aromatic heterocycles. The topological polar surface area (TPSA) is 72.8 Å². The summed E-state index contributed by atoms with van der Waals surface area (Å²) in [5.74, 6) is -0.766. The van der Waals surface area contributed by atoms with Crippen molar-refractivity contribution in [3.05, 3.63) is 109 Å². The van der Waals surface area contributed by atoms with Crippen LogP contribution >= 0.6 is 0 Å². The molecule has 0 aliphatic carbocycles. The number of rotatable bonds is 33. The molecule has 0 saturated heterocycles. The molecule has 280 valence electrons. The van der Waals surface area contributed by atoms with E-state index < -0.39 is 12.1 Å². The highest BCUT2D eigenvalue weighted by molar-refractivity contribution is 5.70. The number of aliphatic hydroxyl groups excluding tert-OH is 1. The predicted molar refractivity (Wildman–Crippen MR) is 214 cm³/mol. The van der Waals surface area contributed by atoms with Crippen molar-refractivity contribution in [3.63, 3.8) is 0 Å². The largest absolute Gasteiger partial charge is 0.462 e. The molecular formula is C45H70O5. The molecule has 0 bridgehead atoms. The first-order valence-corrected chi connectivity index (χ1v) is 19.4. The van der Waals surface area contributed by atoms with E-state index in [4.69, 9.17) is 9.47 Å². The molecule has 1 atom stereocenters. The van der Waals surface area contributed by atoms with E-state index in [2.05, 4.69) is 111 Å². The Morgan fingerprint density at radius 3 is 1.20 bits per heavy atom. The highest BCUT2D eigenvalue weighted by Gasteiger charge is 2.15. The molecule has 0 fully saturated rings. The quantitative estimate of drug-likeness (QED) is 0.0421. The van der Waals surface area contributed by atoms with Crippen LogP contribution in [0.1, 0.15) is 142 Å². The van der Waals surface area contributed by atoms with Gasteiger partial charge in [0, 0.05) is 12.8 Å². The summed E-state index contributed by atoms with van der Waals surface area (Å²) in [6.45, 7) is 3.94. The summed E-state index contributed by atoms with van der Waals surface area (Å²) in [6.07, 6.45) is 57.3. The molecule has 0 aliphatic rings. The third kappa shape index (κ3) is 37.4. The summed E-state index contributed by atoms with van der Waals surface area (Å²) in [6, 6.07) is 0. The summed E-state index contributed by atoms with van der Waals surface area (Å²) >= 11 is 0. The van der Waals surface area contributed by atoms with Gasteiger partial charge in [-0.3, -0.25) is 9.59 Å². The van der Waals surface area contributed by atoms with Crippen molar-refractivity contribution in [2.24, 2.45) is 0 Å². The van der Waals surface area contributed by atoms with Gasteiger partial charge < -0.3 is 14.6 Å². The molecule has 0 radical (unpaired) electrons. The van der Waals surface area contributed by atoms with Crippen LogP contribution < -0.4 is 0 Å². The molecule has 50 heavy (non-hydrogen) atoms. The van der Waals surface area contributed by atoms with E-state index in [1.54, 1.807) is 0 Å². The van der Waals surface area contributed by atoms with Crippen molar-refractivity contribution in [3.8, 4) is 0 Å². The van der Waals surface area contributed by atoms with Crippen LogP contribution in [-0.2, 0) is 19.1 Å². The normalized spacial score (nSPS) is 13.4. The molecule has 0 aliphatic heterocycles. The maximum absolute atomic E-state index is 12.1. The lowest BCUT2D eigenvalue weighted by Gasteiger charge is -2.15. The summed E-state index contributed by atoms with van der Waals surface area (Å²) < 4.78 is 10.5. The minimum absolute atomic E-state index is 0.132. The standard InChI is InChI=1S/C45H70O5/c1-3-5-7-9-11-13-15-17-19-21-22-24-26-28-30-32-34-36-38-40-45(48)50-43(41-46)42-49-44(47)39-37-35-33-31-29-27-25-23-20-18-16-14-12-10-8-6-4-2/h11-14,17-20,22,24-25,27-28,30-31,33-34,36,43,46H,3-10,15-16,21,23,26,29,32,35,37-42H2,1-2H3/t43-/m0/s1. The first kappa shape index (κ1) is 46.6. The zero-order valence-corrected chi connectivity index (χ0v) is 31.6. The van der Waals surface area contributed by atoms with Crippen LogP contribution in [0.15, 0.2) is 109 Å². The third-order valence-electron chi connectivity index (χ3n) is 7.55. The van der Waals surface area contributed by atoms with Gasteiger partial charge in [-0.1, -0.05) is 149 Å². The Bertz CT molecular complexity index is 1050. The van der Waals surface area contributed by atoms with E-state index in [1.807, 2.05) is 12.2 Å². The summed E-state index contributed by atoms with van der Waals surface area (Å²) in [5.41, 5.74) is 0. The number of carbonyl (C=O) groups is 2. The molecule has 1 N–H and O–H groups in total. The molecule has 0 aromatic rings. The van der Waals surface area contributed by atoms with Crippen LogP contribution in [-0.4, -0.2) is 36.4 Å². The Kier molecular flexibility index (Phi) is 37.2. The predicted octanol–water partition coefficient (Wildman–Crippen LogP) is 12.3. The van der Waals surface area contributed by atoms with Crippen LogP contribution in [0.2, 0.25) is 0 Å². The summed E-state index contributed by atoms with van der Waals surface area (Å²) in [7, 11) is 0. The van der Waals surface area contributed by atoms with E-state index in [0.29, 0.717) is 12.8 Å². The van der Waals surface area contributed by atoms with Crippen molar-refractivity contribution >= 4 is 11.9 Å². The lowest BCUT2D eigenvalue weighted by Crippen LogP contribution is -2.28. The van der Waals surface area contributed by atoms with Gasteiger partial charge in [0.2, 0.25) is 0 Å². The Labute approximate surface area is 306 Å². The minimum atomic E-state index is -0.840. The van der Waals surface area contributed by atoms with E-state index in [1.165, 1.54) is 51.4 Å². The van der Waals surface area contributed by atoms with Crippen LogP contribution in [0.5, 0.6) is 0 Å². The van der Waals surface area contributed by atoms with Gasteiger partial charge in [-0.15, -0.1) is 0 Å². The Hall–Kier alpha value is -3.44. The van der Waals surface area contributed by atoms with Gasteiger partial charge in [0.1, 0.15) is 6.61 Å². The minimum Gasteiger partial charge on any atom is -0.462 e. The van der Waals surface area contributed by atoms with Crippen LogP contribution in [0, 0.1) is 0 Å². The fourth-order valence-electron chi connectivity index (χ4n) is 4.59. The number of hydrogen-bond donors (Lipinski definition) is 1. The van der Waals surface area contributed by atoms with Crippen molar-refractivity contribution in [1.82, 2.24) is 0 Å². The molecule has 0 heterocycles. The van der Waals surface area contributed by atoms with E-state index >= 15 is 0 Å². The number of carbonyl (C=O) groups excluding carboxylic acids is 2. The molecule has 5 nitrogen and oxygen atoms in total. The monoisotopic (exact) mass is 691 g/mol. The van der Waals surface area contributed by atoms with Gasteiger partial charge in [0.05, 0.1) is 6.61 Å². The molecular weight excluding hydrogens is 620 g/mol. The number of esters is 2. The van der Waals surface area contributed by atoms with Gasteiger partial charge >= 0.3 is 11.9 Å². The molecule has 0 spiro atoms. The van der Waals surface area contributed by atoms with E-state index in [9.17, 15) is 14.7 Å². The third-order valence-corrected chi connectivity index (χ3v) is 7.55.